The molecule has 3 rings (SSSR count). The Labute approximate surface area is 126 Å². The van der Waals surface area contributed by atoms with E-state index in [2.05, 4.69) is 0 Å². The summed E-state index contributed by atoms with van der Waals surface area (Å²) in [6.45, 7) is 1.43. The summed E-state index contributed by atoms with van der Waals surface area (Å²) < 4.78 is 19.2. The number of benzene rings is 1. The molecule has 3 nitrogen and oxygen atoms in total. The van der Waals surface area contributed by atoms with Gasteiger partial charge in [0.25, 0.3) is 0 Å². The highest BCUT2D eigenvalue weighted by atomic mass is 35.5. The summed E-state index contributed by atoms with van der Waals surface area (Å²) in [5.74, 6) is -0.185. The third-order valence-electron chi connectivity index (χ3n) is 3.69. The van der Waals surface area contributed by atoms with Gasteiger partial charge in [-0.3, -0.25) is 4.79 Å². The van der Waals surface area contributed by atoms with Crippen molar-refractivity contribution < 1.29 is 13.9 Å². The maximum absolute atomic E-state index is 13.6. The first-order valence-corrected chi connectivity index (χ1v) is 7.36. The van der Waals surface area contributed by atoms with Crippen LogP contribution in [0, 0.1) is 11.7 Å². The predicted molar refractivity (Wildman–Crippen MR) is 74.4 cm³/mol. The Morgan fingerprint density at radius 3 is 2.75 bits per heavy atom. The standard InChI is InChI=1S/C14H14Cl2FNO2/c15-10-6-11(16)12(17)5-9(10)13-7-18(3-4-20-13)14(19)8-1-2-8/h5-6,8,13H,1-4,7H2. The van der Waals surface area contributed by atoms with E-state index < -0.39 is 11.9 Å². The molecule has 2 fully saturated rings. The second-order valence-electron chi connectivity index (χ2n) is 5.21. The molecule has 0 spiro atoms. The highest BCUT2D eigenvalue weighted by Crippen LogP contribution is 2.35. The smallest absolute Gasteiger partial charge is 0.225 e. The molecule has 0 radical (unpaired) electrons. The van der Waals surface area contributed by atoms with Crippen LogP contribution in [-0.4, -0.2) is 30.5 Å². The molecule has 1 saturated carbocycles. The van der Waals surface area contributed by atoms with Gasteiger partial charge in [-0.1, -0.05) is 23.2 Å². The molecule has 1 heterocycles. The van der Waals surface area contributed by atoms with Gasteiger partial charge in [-0.15, -0.1) is 0 Å². The van der Waals surface area contributed by atoms with Crippen LogP contribution in [0.5, 0.6) is 0 Å². The molecular formula is C14H14Cl2FNO2. The molecule has 108 valence electrons. The van der Waals surface area contributed by atoms with Crippen LogP contribution in [0.3, 0.4) is 0 Å². The molecule has 1 atom stereocenters. The maximum atomic E-state index is 13.6. The van der Waals surface area contributed by atoms with Crippen LogP contribution in [0.25, 0.3) is 0 Å². The summed E-state index contributed by atoms with van der Waals surface area (Å²) >= 11 is 11.8. The Morgan fingerprint density at radius 1 is 1.30 bits per heavy atom. The molecule has 1 amide bonds. The molecule has 0 aromatic heterocycles. The van der Waals surface area contributed by atoms with E-state index in [9.17, 15) is 9.18 Å². The Kier molecular flexibility index (Phi) is 3.89. The van der Waals surface area contributed by atoms with Gasteiger partial charge < -0.3 is 9.64 Å². The fourth-order valence-corrected chi connectivity index (χ4v) is 2.92. The number of halogens is 3. The Hall–Kier alpha value is -0.840. The lowest BCUT2D eigenvalue weighted by Crippen LogP contribution is -2.43. The summed E-state index contributed by atoms with van der Waals surface area (Å²) in [7, 11) is 0. The van der Waals surface area contributed by atoms with Crippen molar-refractivity contribution in [2.75, 3.05) is 19.7 Å². The van der Waals surface area contributed by atoms with E-state index in [1.807, 2.05) is 0 Å². The van der Waals surface area contributed by atoms with E-state index in [4.69, 9.17) is 27.9 Å². The molecule has 1 saturated heterocycles. The summed E-state index contributed by atoms with van der Waals surface area (Å²) in [6.07, 6.45) is 1.54. The first kappa shape index (κ1) is 14.1. The second kappa shape index (κ2) is 5.51. The number of carbonyl (C=O) groups excluding carboxylic acids is 1. The zero-order valence-electron chi connectivity index (χ0n) is 10.7. The van der Waals surface area contributed by atoms with E-state index in [-0.39, 0.29) is 16.8 Å². The number of rotatable bonds is 2. The number of hydrogen-bond acceptors (Lipinski definition) is 2. The zero-order valence-corrected chi connectivity index (χ0v) is 12.3. The van der Waals surface area contributed by atoms with Crippen LogP contribution in [0.4, 0.5) is 4.39 Å². The van der Waals surface area contributed by atoms with Gasteiger partial charge in [-0.25, -0.2) is 4.39 Å². The third-order valence-corrected chi connectivity index (χ3v) is 4.31. The molecule has 1 unspecified atom stereocenters. The highest BCUT2D eigenvalue weighted by molar-refractivity contribution is 6.35. The number of hydrogen-bond donors (Lipinski definition) is 0. The summed E-state index contributed by atoms with van der Waals surface area (Å²) in [5, 5.41) is 0.350. The highest BCUT2D eigenvalue weighted by Gasteiger charge is 2.36. The second-order valence-corrected chi connectivity index (χ2v) is 6.02. The van der Waals surface area contributed by atoms with Gasteiger partial charge in [0.15, 0.2) is 0 Å². The van der Waals surface area contributed by atoms with Gasteiger partial charge in [0.05, 0.1) is 18.2 Å². The van der Waals surface area contributed by atoms with E-state index in [0.29, 0.717) is 30.3 Å². The van der Waals surface area contributed by atoms with Crippen LogP contribution in [0.15, 0.2) is 12.1 Å². The Morgan fingerprint density at radius 2 is 2.05 bits per heavy atom. The molecule has 1 aliphatic carbocycles. The van der Waals surface area contributed by atoms with Crippen LogP contribution >= 0.6 is 23.2 Å². The monoisotopic (exact) mass is 317 g/mol. The third kappa shape index (κ3) is 2.78. The fourth-order valence-electron chi connectivity index (χ4n) is 2.41. The predicted octanol–water partition coefficient (Wildman–Crippen LogP) is 3.44. The summed E-state index contributed by atoms with van der Waals surface area (Å²) in [5.41, 5.74) is 0.543. The van der Waals surface area contributed by atoms with Crippen molar-refractivity contribution in [3.8, 4) is 0 Å². The van der Waals surface area contributed by atoms with Gasteiger partial charge >= 0.3 is 0 Å². The van der Waals surface area contributed by atoms with Crippen molar-refractivity contribution in [2.24, 2.45) is 5.92 Å². The lowest BCUT2D eigenvalue weighted by molar-refractivity contribution is -0.140. The van der Waals surface area contributed by atoms with Crippen molar-refractivity contribution in [1.82, 2.24) is 4.90 Å². The van der Waals surface area contributed by atoms with Gasteiger partial charge in [-0.05, 0) is 25.0 Å². The van der Waals surface area contributed by atoms with Crippen LogP contribution in [-0.2, 0) is 9.53 Å². The SMILES string of the molecule is O=C(C1CC1)N1CCOC(c2cc(F)c(Cl)cc2Cl)C1. The first-order valence-electron chi connectivity index (χ1n) is 6.61. The maximum Gasteiger partial charge on any atom is 0.225 e. The average molecular weight is 318 g/mol. The Bertz CT molecular complexity index is 548. The minimum absolute atomic E-state index is 0.0135. The minimum Gasteiger partial charge on any atom is -0.370 e. The van der Waals surface area contributed by atoms with Crippen molar-refractivity contribution in [3.63, 3.8) is 0 Å². The molecule has 2 aliphatic rings. The van der Waals surface area contributed by atoms with Crippen molar-refractivity contribution in [1.29, 1.82) is 0 Å². The fraction of sp³-hybridized carbons (Fsp3) is 0.500. The van der Waals surface area contributed by atoms with E-state index in [1.165, 1.54) is 12.1 Å². The lowest BCUT2D eigenvalue weighted by Gasteiger charge is -2.33. The number of amides is 1. The zero-order chi connectivity index (χ0) is 14.3. The van der Waals surface area contributed by atoms with Crippen molar-refractivity contribution >= 4 is 29.1 Å². The largest absolute Gasteiger partial charge is 0.370 e. The molecule has 1 aromatic carbocycles. The molecule has 0 bridgehead atoms. The van der Waals surface area contributed by atoms with Gasteiger partial charge in [0, 0.05) is 23.0 Å². The summed E-state index contributed by atoms with van der Waals surface area (Å²) in [6, 6.07) is 2.67. The molecule has 1 aliphatic heterocycles. The Balaban J connectivity index is 1.79. The first-order chi connectivity index (χ1) is 9.56. The van der Waals surface area contributed by atoms with Gasteiger partial charge in [0.1, 0.15) is 11.9 Å². The number of ether oxygens (including phenoxy) is 1. The van der Waals surface area contributed by atoms with E-state index in [0.717, 1.165) is 12.8 Å². The average Bonchev–Trinajstić information content (AvgIpc) is 3.27. The number of nitrogens with zero attached hydrogens (tertiary/aromatic N) is 1. The lowest BCUT2D eigenvalue weighted by atomic mass is 10.1. The number of morpholine rings is 1. The van der Waals surface area contributed by atoms with Crippen LogP contribution in [0.1, 0.15) is 24.5 Å². The quantitative estimate of drug-likeness (QED) is 0.782. The van der Waals surface area contributed by atoms with Gasteiger partial charge in [-0.2, -0.15) is 0 Å². The van der Waals surface area contributed by atoms with Crippen molar-refractivity contribution in [2.45, 2.75) is 18.9 Å². The molecule has 6 heteroatoms. The minimum atomic E-state index is -0.527. The normalized spacial score (nSPS) is 22.9. The number of carbonyl (C=O) groups is 1. The molecule has 20 heavy (non-hydrogen) atoms. The van der Waals surface area contributed by atoms with Crippen LogP contribution in [0.2, 0.25) is 10.0 Å². The van der Waals surface area contributed by atoms with Crippen molar-refractivity contribution in [3.05, 3.63) is 33.6 Å². The molecular weight excluding hydrogens is 304 g/mol. The van der Waals surface area contributed by atoms with E-state index in [1.54, 1.807) is 4.90 Å². The van der Waals surface area contributed by atoms with E-state index >= 15 is 0 Å². The van der Waals surface area contributed by atoms with Gasteiger partial charge in [0.2, 0.25) is 5.91 Å². The molecule has 0 N–H and O–H groups in total. The topological polar surface area (TPSA) is 29.5 Å². The molecule has 1 aromatic rings. The van der Waals surface area contributed by atoms with Crippen LogP contribution < -0.4 is 0 Å². The summed E-state index contributed by atoms with van der Waals surface area (Å²) in [4.78, 5) is 13.9.